The Hall–Kier alpha value is -1.60. The molecule has 1 aromatic rings. The zero-order valence-electron chi connectivity index (χ0n) is 11.5. The molecule has 1 fully saturated rings. The van der Waals surface area contributed by atoms with Crippen LogP contribution in [0.15, 0.2) is 24.3 Å². The van der Waals surface area contributed by atoms with Crippen LogP contribution >= 0.6 is 0 Å². The van der Waals surface area contributed by atoms with E-state index in [4.69, 9.17) is 4.74 Å². The van der Waals surface area contributed by atoms with Crippen molar-refractivity contribution in [1.29, 1.82) is 0 Å². The van der Waals surface area contributed by atoms with Crippen molar-refractivity contribution in [1.82, 2.24) is 4.90 Å². The number of morpholine rings is 1. The normalized spacial score (nSPS) is 20.0. The molecule has 7 heteroatoms. The molecule has 0 amide bonds. The monoisotopic (exact) mass is 303 g/mol. The highest BCUT2D eigenvalue weighted by atomic mass is 19.4. The number of carboxylic acid groups (broad SMARTS) is 1. The summed E-state index contributed by atoms with van der Waals surface area (Å²) >= 11 is 0. The fourth-order valence-corrected chi connectivity index (χ4v) is 2.44. The van der Waals surface area contributed by atoms with E-state index in [1.54, 1.807) is 4.90 Å². The van der Waals surface area contributed by atoms with Crippen molar-refractivity contribution < 1.29 is 27.8 Å². The van der Waals surface area contributed by atoms with E-state index in [2.05, 4.69) is 0 Å². The predicted molar refractivity (Wildman–Crippen MR) is 68.8 cm³/mol. The van der Waals surface area contributed by atoms with Gasteiger partial charge in [-0.1, -0.05) is 12.1 Å². The van der Waals surface area contributed by atoms with Crippen molar-refractivity contribution in [3.63, 3.8) is 0 Å². The van der Waals surface area contributed by atoms with Gasteiger partial charge in [-0.25, -0.2) is 4.79 Å². The van der Waals surface area contributed by atoms with Crippen LogP contribution in [0.4, 0.5) is 13.2 Å². The Morgan fingerprint density at radius 3 is 2.05 bits per heavy atom. The lowest BCUT2D eigenvalue weighted by Gasteiger charge is -2.40. The highest BCUT2D eigenvalue weighted by Gasteiger charge is 2.42. The van der Waals surface area contributed by atoms with Gasteiger partial charge >= 0.3 is 12.1 Å². The quantitative estimate of drug-likeness (QED) is 0.931. The van der Waals surface area contributed by atoms with Gasteiger partial charge in [0.1, 0.15) is 5.54 Å². The molecule has 4 nitrogen and oxygen atoms in total. The smallest absolute Gasteiger partial charge is 0.416 e. The topological polar surface area (TPSA) is 49.8 Å². The van der Waals surface area contributed by atoms with Crippen molar-refractivity contribution in [2.75, 3.05) is 26.3 Å². The van der Waals surface area contributed by atoms with Crippen LogP contribution in [0.3, 0.4) is 0 Å². The largest absolute Gasteiger partial charge is 0.480 e. The third-order valence-electron chi connectivity index (χ3n) is 3.83. The second kappa shape index (κ2) is 5.65. The first-order valence-corrected chi connectivity index (χ1v) is 6.50. The van der Waals surface area contributed by atoms with Gasteiger partial charge in [-0.2, -0.15) is 13.2 Å². The summed E-state index contributed by atoms with van der Waals surface area (Å²) in [7, 11) is 0. The number of halogens is 3. The molecule has 1 unspecified atom stereocenters. The summed E-state index contributed by atoms with van der Waals surface area (Å²) < 4.78 is 42.9. The molecule has 0 bridgehead atoms. The Morgan fingerprint density at radius 2 is 1.62 bits per heavy atom. The molecule has 0 aromatic heterocycles. The summed E-state index contributed by atoms with van der Waals surface area (Å²) in [5.41, 5.74) is -1.83. The van der Waals surface area contributed by atoms with E-state index in [1.165, 1.54) is 19.1 Å². The van der Waals surface area contributed by atoms with E-state index >= 15 is 0 Å². The molecule has 1 atom stereocenters. The Balaban J connectivity index is 2.36. The van der Waals surface area contributed by atoms with Gasteiger partial charge in [-0.15, -0.1) is 0 Å². The first-order valence-electron chi connectivity index (χ1n) is 6.50. The molecule has 0 saturated carbocycles. The average molecular weight is 303 g/mol. The van der Waals surface area contributed by atoms with Gasteiger partial charge < -0.3 is 9.84 Å². The van der Waals surface area contributed by atoms with Crippen molar-refractivity contribution in [2.24, 2.45) is 0 Å². The average Bonchev–Trinajstić information content (AvgIpc) is 2.46. The van der Waals surface area contributed by atoms with Crippen LogP contribution < -0.4 is 0 Å². The van der Waals surface area contributed by atoms with E-state index in [0.29, 0.717) is 31.9 Å². The highest BCUT2D eigenvalue weighted by Crippen LogP contribution is 2.33. The van der Waals surface area contributed by atoms with Crippen LogP contribution in [0.1, 0.15) is 18.1 Å². The predicted octanol–water partition coefficient (Wildman–Crippen LogP) is 2.34. The minimum Gasteiger partial charge on any atom is -0.480 e. The Morgan fingerprint density at radius 1 is 1.14 bits per heavy atom. The lowest BCUT2D eigenvalue weighted by Crippen LogP contribution is -2.54. The van der Waals surface area contributed by atoms with Crippen molar-refractivity contribution >= 4 is 5.97 Å². The van der Waals surface area contributed by atoms with Crippen LogP contribution in [0, 0.1) is 0 Å². The van der Waals surface area contributed by atoms with Crippen molar-refractivity contribution in [3.8, 4) is 0 Å². The summed E-state index contributed by atoms with van der Waals surface area (Å²) in [4.78, 5) is 13.4. The number of hydrogen-bond acceptors (Lipinski definition) is 3. The van der Waals surface area contributed by atoms with Gasteiger partial charge in [-0.05, 0) is 24.6 Å². The number of carbonyl (C=O) groups is 1. The van der Waals surface area contributed by atoms with Gasteiger partial charge in [0.2, 0.25) is 0 Å². The Labute approximate surface area is 120 Å². The fraction of sp³-hybridized carbons (Fsp3) is 0.500. The van der Waals surface area contributed by atoms with Gasteiger partial charge in [0.15, 0.2) is 0 Å². The first-order chi connectivity index (χ1) is 9.76. The second-order valence-electron chi connectivity index (χ2n) is 5.05. The van der Waals surface area contributed by atoms with Gasteiger partial charge in [0.05, 0.1) is 18.8 Å². The zero-order valence-corrected chi connectivity index (χ0v) is 11.5. The summed E-state index contributed by atoms with van der Waals surface area (Å²) in [6.45, 7) is 3.16. The van der Waals surface area contributed by atoms with Crippen molar-refractivity contribution in [3.05, 3.63) is 35.4 Å². The minimum atomic E-state index is -4.43. The zero-order chi connectivity index (χ0) is 15.7. The molecule has 1 N–H and O–H groups in total. The third-order valence-corrected chi connectivity index (χ3v) is 3.83. The van der Waals surface area contributed by atoms with Crippen LogP contribution in [0.25, 0.3) is 0 Å². The molecule has 0 radical (unpaired) electrons. The van der Waals surface area contributed by atoms with E-state index < -0.39 is 23.2 Å². The number of ether oxygens (including phenoxy) is 1. The highest BCUT2D eigenvalue weighted by molar-refractivity contribution is 5.80. The molecule has 21 heavy (non-hydrogen) atoms. The molecule has 1 aromatic carbocycles. The number of aliphatic carboxylic acids is 1. The maximum atomic E-state index is 12.6. The summed E-state index contributed by atoms with van der Waals surface area (Å²) in [6.07, 6.45) is -4.43. The van der Waals surface area contributed by atoms with E-state index in [1.807, 2.05) is 0 Å². The maximum Gasteiger partial charge on any atom is 0.416 e. The lowest BCUT2D eigenvalue weighted by atomic mass is 9.89. The third kappa shape index (κ3) is 3.03. The molecule has 1 aliphatic heterocycles. The summed E-state index contributed by atoms with van der Waals surface area (Å²) in [5, 5.41) is 9.56. The second-order valence-corrected chi connectivity index (χ2v) is 5.05. The molecule has 1 aliphatic rings. The molecule has 1 heterocycles. The minimum absolute atomic E-state index is 0.324. The van der Waals surface area contributed by atoms with Crippen LogP contribution in [0.5, 0.6) is 0 Å². The Kier molecular flexibility index (Phi) is 4.25. The van der Waals surface area contributed by atoms with E-state index in [-0.39, 0.29) is 0 Å². The van der Waals surface area contributed by atoms with Gasteiger partial charge in [0, 0.05) is 13.1 Å². The van der Waals surface area contributed by atoms with Crippen LogP contribution in [-0.2, 0) is 21.2 Å². The fourth-order valence-electron chi connectivity index (χ4n) is 2.44. The number of hydrogen-bond donors (Lipinski definition) is 1. The lowest BCUT2D eigenvalue weighted by molar-refractivity contribution is -0.154. The standard InChI is InChI=1S/C14H16F3NO3/c1-13(12(19)20,18-6-8-21-9-7-18)10-2-4-11(5-3-10)14(15,16)17/h2-5H,6-9H2,1H3,(H,19,20). The maximum absolute atomic E-state index is 12.6. The number of rotatable bonds is 3. The molecule has 0 spiro atoms. The first kappa shape index (κ1) is 15.8. The van der Waals surface area contributed by atoms with Gasteiger partial charge in [0.25, 0.3) is 0 Å². The molecule has 2 rings (SSSR count). The number of nitrogens with zero attached hydrogens (tertiary/aromatic N) is 1. The SMILES string of the molecule is CC(C(=O)O)(c1ccc(C(F)(F)F)cc1)N1CCOCC1. The summed E-state index contributed by atoms with van der Waals surface area (Å²) in [5.74, 6) is -1.09. The number of carboxylic acids is 1. The van der Waals surface area contributed by atoms with E-state index in [9.17, 15) is 23.1 Å². The Bertz CT molecular complexity index is 509. The summed E-state index contributed by atoms with van der Waals surface area (Å²) in [6, 6.07) is 4.28. The van der Waals surface area contributed by atoms with Gasteiger partial charge in [-0.3, -0.25) is 4.90 Å². The molecule has 1 saturated heterocycles. The number of alkyl halides is 3. The van der Waals surface area contributed by atoms with E-state index in [0.717, 1.165) is 12.1 Å². The van der Waals surface area contributed by atoms with Crippen molar-refractivity contribution in [2.45, 2.75) is 18.6 Å². The molecular weight excluding hydrogens is 287 g/mol. The number of benzene rings is 1. The van der Waals surface area contributed by atoms with Crippen LogP contribution in [-0.4, -0.2) is 42.3 Å². The van der Waals surface area contributed by atoms with Crippen LogP contribution in [0.2, 0.25) is 0 Å². The molecular formula is C14H16F3NO3. The molecule has 116 valence electrons. The molecule has 0 aliphatic carbocycles.